The van der Waals surface area contributed by atoms with Crippen molar-refractivity contribution in [3.63, 3.8) is 0 Å². The highest BCUT2D eigenvalue weighted by molar-refractivity contribution is 7.90. The Bertz CT molecular complexity index is 855. The van der Waals surface area contributed by atoms with Crippen LogP contribution in [-0.4, -0.2) is 21.9 Å². The molecule has 128 valence electrons. The van der Waals surface area contributed by atoms with E-state index in [0.29, 0.717) is 17.0 Å². The van der Waals surface area contributed by atoms with Crippen LogP contribution in [0.3, 0.4) is 0 Å². The number of aromatic nitrogens is 1. The average Bonchev–Trinajstić information content (AvgIpc) is 3.09. The summed E-state index contributed by atoms with van der Waals surface area (Å²) in [5.41, 5.74) is 3.25. The lowest BCUT2D eigenvalue weighted by atomic mass is 10.1. The summed E-state index contributed by atoms with van der Waals surface area (Å²) in [6.07, 6.45) is 1.64. The molecule has 0 spiro atoms. The molecule has 25 heavy (non-hydrogen) atoms. The highest BCUT2D eigenvalue weighted by atomic mass is 32.2. The van der Waals surface area contributed by atoms with Crippen molar-refractivity contribution in [2.24, 2.45) is 0 Å². The predicted octanol–water partition coefficient (Wildman–Crippen LogP) is 3.32. The smallest absolute Gasteiger partial charge is 0.251 e. The van der Waals surface area contributed by atoms with E-state index < -0.39 is 11.2 Å². The molecule has 0 aliphatic carbocycles. The van der Waals surface area contributed by atoms with Crippen molar-refractivity contribution in [1.82, 2.24) is 10.5 Å². The molecule has 0 aliphatic heterocycles. The quantitative estimate of drug-likeness (QED) is 0.713. The van der Waals surface area contributed by atoms with Crippen LogP contribution in [0.25, 0.3) is 11.3 Å². The standard InChI is InChI=1S/C19H18N2O3S/c1-13-3-5-15(6-4-13)19(22)20-12-16-11-18(21-24-16)14-7-9-17(10-8-14)25(2)23/h3-11H,12H2,1-2H3,(H,20,22). The third-order valence-electron chi connectivity index (χ3n) is 3.78. The van der Waals surface area contributed by atoms with Crippen LogP contribution in [0.1, 0.15) is 21.7 Å². The van der Waals surface area contributed by atoms with E-state index in [1.54, 1.807) is 36.6 Å². The first-order valence-corrected chi connectivity index (χ1v) is 9.33. The fraction of sp³-hybridized carbons (Fsp3) is 0.158. The minimum Gasteiger partial charge on any atom is -0.612 e. The van der Waals surface area contributed by atoms with E-state index in [0.717, 1.165) is 16.0 Å². The summed E-state index contributed by atoms with van der Waals surface area (Å²) in [6, 6.07) is 16.5. The van der Waals surface area contributed by atoms with Crippen molar-refractivity contribution in [2.45, 2.75) is 18.4 Å². The van der Waals surface area contributed by atoms with E-state index in [9.17, 15) is 9.35 Å². The first-order chi connectivity index (χ1) is 12.0. The zero-order valence-electron chi connectivity index (χ0n) is 14.0. The van der Waals surface area contributed by atoms with Gasteiger partial charge in [0.25, 0.3) is 5.91 Å². The van der Waals surface area contributed by atoms with Crippen molar-refractivity contribution >= 4 is 17.1 Å². The summed E-state index contributed by atoms with van der Waals surface area (Å²) < 4.78 is 16.7. The summed E-state index contributed by atoms with van der Waals surface area (Å²) in [6.45, 7) is 2.24. The molecule has 1 atom stereocenters. The van der Waals surface area contributed by atoms with Gasteiger partial charge in [-0.2, -0.15) is 0 Å². The fourth-order valence-electron chi connectivity index (χ4n) is 2.32. The molecule has 0 radical (unpaired) electrons. The van der Waals surface area contributed by atoms with Crippen LogP contribution in [0.2, 0.25) is 0 Å². The second-order valence-electron chi connectivity index (χ2n) is 5.71. The molecular weight excluding hydrogens is 336 g/mol. The number of benzene rings is 2. The van der Waals surface area contributed by atoms with Gasteiger partial charge in [0.1, 0.15) is 11.9 Å². The zero-order chi connectivity index (χ0) is 17.8. The number of amides is 1. The summed E-state index contributed by atoms with van der Waals surface area (Å²) in [5.74, 6) is 0.409. The Kier molecular flexibility index (Phi) is 5.21. The lowest BCUT2D eigenvalue weighted by Gasteiger charge is -2.03. The van der Waals surface area contributed by atoms with Gasteiger partial charge in [-0.1, -0.05) is 22.9 Å². The predicted molar refractivity (Wildman–Crippen MR) is 96.6 cm³/mol. The van der Waals surface area contributed by atoms with Gasteiger partial charge in [0.05, 0.1) is 6.54 Å². The number of hydrogen-bond acceptors (Lipinski definition) is 4. The molecule has 1 amide bonds. The first-order valence-electron chi connectivity index (χ1n) is 7.77. The van der Waals surface area contributed by atoms with Gasteiger partial charge in [0, 0.05) is 17.2 Å². The molecular formula is C19H18N2O3S. The lowest BCUT2D eigenvalue weighted by molar-refractivity contribution is 0.0947. The second kappa shape index (κ2) is 7.55. The number of aryl methyl sites for hydroxylation is 1. The van der Waals surface area contributed by atoms with Crippen LogP contribution in [0.5, 0.6) is 0 Å². The maximum atomic E-state index is 12.1. The minimum atomic E-state index is -1.01. The molecule has 2 aromatic carbocycles. The number of rotatable bonds is 5. The van der Waals surface area contributed by atoms with Gasteiger partial charge >= 0.3 is 0 Å². The number of carbonyl (C=O) groups is 1. The van der Waals surface area contributed by atoms with Crippen molar-refractivity contribution in [2.75, 3.05) is 6.26 Å². The third-order valence-corrected chi connectivity index (χ3v) is 4.71. The van der Waals surface area contributed by atoms with Gasteiger partial charge in [-0.15, -0.1) is 0 Å². The van der Waals surface area contributed by atoms with Crippen molar-refractivity contribution in [3.05, 3.63) is 71.5 Å². The van der Waals surface area contributed by atoms with Crippen molar-refractivity contribution in [3.8, 4) is 11.3 Å². The van der Waals surface area contributed by atoms with E-state index in [1.807, 2.05) is 31.2 Å². The second-order valence-corrected chi connectivity index (χ2v) is 7.09. The minimum absolute atomic E-state index is 0.160. The topological polar surface area (TPSA) is 78.2 Å². The Morgan fingerprint density at radius 2 is 1.84 bits per heavy atom. The number of nitrogens with one attached hydrogen (secondary N) is 1. The van der Waals surface area contributed by atoms with Crippen molar-refractivity contribution < 1.29 is 13.9 Å². The average molecular weight is 354 g/mol. The maximum Gasteiger partial charge on any atom is 0.251 e. The number of nitrogens with zero attached hydrogens (tertiary/aromatic N) is 1. The molecule has 1 heterocycles. The van der Waals surface area contributed by atoms with Gasteiger partial charge in [-0.3, -0.25) is 4.79 Å². The Hall–Kier alpha value is -2.57. The molecule has 1 N–H and O–H groups in total. The van der Waals surface area contributed by atoms with Crippen molar-refractivity contribution in [1.29, 1.82) is 0 Å². The molecule has 5 nitrogen and oxygen atoms in total. The van der Waals surface area contributed by atoms with E-state index in [-0.39, 0.29) is 12.5 Å². The monoisotopic (exact) mass is 354 g/mol. The lowest BCUT2D eigenvalue weighted by Crippen LogP contribution is -2.22. The molecule has 0 bridgehead atoms. The fourth-order valence-corrected chi connectivity index (χ4v) is 2.84. The molecule has 0 saturated carbocycles. The van der Waals surface area contributed by atoms with Crippen LogP contribution in [0.4, 0.5) is 0 Å². The molecule has 6 heteroatoms. The molecule has 0 fully saturated rings. The van der Waals surface area contributed by atoms with Gasteiger partial charge in [-0.25, -0.2) is 0 Å². The van der Waals surface area contributed by atoms with Gasteiger partial charge in [-0.05, 0) is 54.5 Å². The SMILES string of the molecule is Cc1ccc(C(=O)NCc2cc(-c3ccc([S+](C)[O-])cc3)no2)cc1. The Balaban J connectivity index is 1.63. The van der Waals surface area contributed by atoms with Gasteiger partial charge in [0.2, 0.25) is 0 Å². The molecule has 1 aromatic heterocycles. The van der Waals surface area contributed by atoms with E-state index >= 15 is 0 Å². The van der Waals surface area contributed by atoms with Gasteiger partial charge < -0.3 is 14.4 Å². The van der Waals surface area contributed by atoms with Crippen LogP contribution in [-0.2, 0) is 17.7 Å². The highest BCUT2D eigenvalue weighted by Crippen LogP contribution is 2.21. The molecule has 0 aliphatic rings. The Morgan fingerprint density at radius 1 is 1.16 bits per heavy atom. The van der Waals surface area contributed by atoms with E-state index in [1.165, 1.54) is 0 Å². The van der Waals surface area contributed by atoms with Gasteiger partial charge in [0.15, 0.2) is 10.7 Å². The first kappa shape index (κ1) is 17.3. The summed E-state index contributed by atoms with van der Waals surface area (Å²) in [7, 11) is 0. The Morgan fingerprint density at radius 3 is 2.48 bits per heavy atom. The van der Waals surface area contributed by atoms with Crippen LogP contribution >= 0.6 is 0 Å². The Labute approximate surface area is 149 Å². The zero-order valence-corrected chi connectivity index (χ0v) is 14.8. The van der Waals surface area contributed by atoms with Crippen LogP contribution in [0, 0.1) is 6.92 Å². The summed E-state index contributed by atoms with van der Waals surface area (Å²) in [5, 5.41) is 6.83. The summed E-state index contributed by atoms with van der Waals surface area (Å²) >= 11 is -1.01. The molecule has 3 aromatic rings. The van der Waals surface area contributed by atoms with E-state index in [4.69, 9.17) is 4.52 Å². The summed E-state index contributed by atoms with van der Waals surface area (Å²) in [4.78, 5) is 12.9. The normalized spacial score (nSPS) is 12.0. The van der Waals surface area contributed by atoms with E-state index in [2.05, 4.69) is 10.5 Å². The third kappa shape index (κ3) is 4.29. The maximum absolute atomic E-state index is 12.1. The van der Waals surface area contributed by atoms with Crippen LogP contribution < -0.4 is 5.32 Å². The molecule has 1 unspecified atom stereocenters. The molecule has 3 rings (SSSR count). The largest absolute Gasteiger partial charge is 0.612 e. The van der Waals surface area contributed by atoms with Crippen LogP contribution in [0.15, 0.2) is 64.0 Å². The number of hydrogen-bond donors (Lipinski definition) is 1. The number of carbonyl (C=O) groups excluding carboxylic acids is 1. The highest BCUT2D eigenvalue weighted by Gasteiger charge is 2.11. The molecule has 0 saturated heterocycles.